The summed E-state index contributed by atoms with van der Waals surface area (Å²) in [6, 6.07) is 9.26. The number of carboxylic acids is 1. The van der Waals surface area contributed by atoms with Gasteiger partial charge >= 0.3 is 5.97 Å². The minimum absolute atomic E-state index is 0.396. The molecule has 0 amide bonds. The van der Waals surface area contributed by atoms with Crippen LogP contribution in [0.2, 0.25) is 0 Å². The van der Waals surface area contributed by atoms with Gasteiger partial charge in [-0.15, -0.1) is 0 Å². The second kappa shape index (κ2) is 5.93. The van der Waals surface area contributed by atoms with E-state index in [-0.39, 0.29) is 0 Å². The van der Waals surface area contributed by atoms with Gasteiger partial charge in [-0.05, 0) is 31.0 Å². The summed E-state index contributed by atoms with van der Waals surface area (Å²) in [4.78, 5) is 19.7. The van der Waals surface area contributed by atoms with Gasteiger partial charge in [0.15, 0.2) is 0 Å². The van der Waals surface area contributed by atoms with E-state index >= 15 is 0 Å². The molecule has 4 nitrogen and oxygen atoms in total. The maximum absolute atomic E-state index is 11.5. The Bertz CT molecular complexity index is 602. The SMILES string of the molecule is Cc1nccc(C(Cc2ccccc2Br)C(=O)O)n1. The lowest BCUT2D eigenvalue weighted by molar-refractivity contribution is -0.138. The third-order valence-electron chi connectivity index (χ3n) is 2.83. The molecule has 0 spiro atoms. The molecule has 2 aromatic rings. The van der Waals surface area contributed by atoms with E-state index in [0.717, 1.165) is 10.0 Å². The van der Waals surface area contributed by atoms with Gasteiger partial charge in [0.05, 0.1) is 5.69 Å². The van der Waals surface area contributed by atoms with Crippen LogP contribution in [0.15, 0.2) is 41.0 Å². The summed E-state index contributed by atoms with van der Waals surface area (Å²) in [6.07, 6.45) is 1.99. The van der Waals surface area contributed by atoms with Gasteiger partial charge < -0.3 is 5.11 Å². The zero-order valence-electron chi connectivity index (χ0n) is 10.4. The van der Waals surface area contributed by atoms with Crippen molar-refractivity contribution in [1.82, 2.24) is 9.97 Å². The van der Waals surface area contributed by atoms with E-state index in [4.69, 9.17) is 0 Å². The summed E-state index contributed by atoms with van der Waals surface area (Å²) in [5.74, 6) is -0.967. The molecular formula is C14H13BrN2O2. The van der Waals surface area contributed by atoms with Gasteiger partial charge in [0.1, 0.15) is 11.7 Å². The Morgan fingerprint density at radius 2 is 2.11 bits per heavy atom. The summed E-state index contributed by atoms with van der Waals surface area (Å²) in [7, 11) is 0. The normalized spacial score (nSPS) is 12.1. The van der Waals surface area contributed by atoms with Crippen molar-refractivity contribution in [2.75, 3.05) is 0 Å². The van der Waals surface area contributed by atoms with E-state index in [1.54, 1.807) is 19.2 Å². The molecule has 0 aliphatic carbocycles. The van der Waals surface area contributed by atoms with Crippen molar-refractivity contribution in [2.45, 2.75) is 19.3 Å². The van der Waals surface area contributed by atoms with Crippen LogP contribution in [-0.2, 0) is 11.2 Å². The van der Waals surface area contributed by atoms with Crippen molar-refractivity contribution in [1.29, 1.82) is 0 Å². The van der Waals surface area contributed by atoms with Gasteiger partial charge in [-0.25, -0.2) is 9.97 Å². The second-order valence-electron chi connectivity index (χ2n) is 4.22. The molecule has 1 aromatic carbocycles. The number of hydrogen-bond donors (Lipinski definition) is 1. The number of benzene rings is 1. The Hall–Kier alpha value is -1.75. The molecule has 1 atom stereocenters. The Balaban J connectivity index is 2.32. The lowest BCUT2D eigenvalue weighted by Crippen LogP contribution is -2.16. The van der Waals surface area contributed by atoms with Gasteiger partial charge in [0.2, 0.25) is 0 Å². The predicted octanol–water partition coefficient (Wildman–Crippen LogP) is 2.96. The predicted molar refractivity (Wildman–Crippen MR) is 75.0 cm³/mol. The second-order valence-corrected chi connectivity index (χ2v) is 5.07. The van der Waals surface area contributed by atoms with Crippen LogP contribution in [0.4, 0.5) is 0 Å². The number of hydrogen-bond acceptors (Lipinski definition) is 3. The Morgan fingerprint density at radius 1 is 1.37 bits per heavy atom. The van der Waals surface area contributed by atoms with Gasteiger partial charge in [0, 0.05) is 10.7 Å². The lowest BCUT2D eigenvalue weighted by Gasteiger charge is -2.13. The fraction of sp³-hybridized carbons (Fsp3) is 0.214. The molecule has 0 bridgehead atoms. The maximum atomic E-state index is 11.5. The van der Waals surface area contributed by atoms with Crippen molar-refractivity contribution in [3.8, 4) is 0 Å². The lowest BCUT2D eigenvalue weighted by atomic mass is 9.96. The highest BCUT2D eigenvalue weighted by molar-refractivity contribution is 9.10. The van der Waals surface area contributed by atoms with Gasteiger partial charge in [-0.1, -0.05) is 34.1 Å². The minimum Gasteiger partial charge on any atom is -0.481 e. The number of carboxylic acid groups (broad SMARTS) is 1. The molecule has 19 heavy (non-hydrogen) atoms. The first-order valence-electron chi connectivity index (χ1n) is 5.83. The zero-order valence-corrected chi connectivity index (χ0v) is 12.0. The molecule has 1 unspecified atom stereocenters. The number of nitrogens with zero attached hydrogens (tertiary/aromatic N) is 2. The molecular weight excluding hydrogens is 308 g/mol. The Labute approximate surface area is 119 Å². The fourth-order valence-corrected chi connectivity index (χ4v) is 2.32. The average Bonchev–Trinajstić information content (AvgIpc) is 2.37. The third-order valence-corrected chi connectivity index (χ3v) is 3.61. The zero-order chi connectivity index (χ0) is 13.8. The van der Waals surface area contributed by atoms with Gasteiger partial charge in [-0.3, -0.25) is 4.79 Å². The summed E-state index contributed by atoms with van der Waals surface area (Å²) in [6.45, 7) is 1.75. The third kappa shape index (κ3) is 3.38. The topological polar surface area (TPSA) is 63.1 Å². The molecule has 1 N–H and O–H groups in total. The fourth-order valence-electron chi connectivity index (χ4n) is 1.87. The first-order valence-corrected chi connectivity index (χ1v) is 6.63. The Morgan fingerprint density at radius 3 is 2.74 bits per heavy atom. The van der Waals surface area contributed by atoms with Crippen LogP contribution in [0.5, 0.6) is 0 Å². The molecule has 1 heterocycles. The summed E-state index contributed by atoms with van der Waals surface area (Å²) < 4.78 is 0.909. The number of carbonyl (C=O) groups is 1. The van der Waals surface area contributed by atoms with Crippen LogP contribution < -0.4 is 0 Å². The molecule has 0 saturated heterocycles. The number of halogens is 1. The molecule has 98 valence electrons. The van der Waals surface area contributed by atoms with Crippen LogP contribution in [0.25, 0.3) is 0 Å². The molecule has 0 fully saturated rings. The van der Waals surface area contributed by atoms with E-state index in [1.807, 2.05) is 24.3 Å². The quantitative estimate of drug-likeness (QED) is 0.940. The molecule has 0 aliphatic rings. The van der Waals surface area contributed by atoms with Crippen LogP contribution in [-0.4, -0.2) is 21.0 Å². The Kier molecular flexibility index (Phi) is 4.27. The van der Waals surface area contributed by atoms with Gasteiger partial charge in [0.25, 0.3) is 0 Å². The number of aryl methyl sites for hydroxylation is 1. The van der Waals surface area contributed by atoms with Crippen LogP contribution in [0.1, 0.15) is 23.0 Å². The van der Waals surface area contributed by atoms with Crippen molar-refractivity contribution in [3.63, 3.8) is 0 Å². The first kappa shape index (κ1) is 13.7. The van der Waals surface area contributed by atoms with E-state index in [2.05, 4.69) is 25.9 Å². The molecule has 5 heteroatoms. The maximum Gasteiger partial charge on any atom is 0.312 e. The first-order chi connectivity index (χ1) is 9.08. The highest BCUT2D eigenvalue weighted by Gasteiger charge is 2.22. The van der Waals surface area contributed by atoms with E-state index in [9.17, 15) is 9.90 Å². The number of aromatic nitrogens is 2. The average molecular weight is 321 g/mol. The molecule has 0 radical (unpaired) electrons. The van der Waals surface area contributed by atoms with Crippen LogP contribution in [0, 0.1) is 6.92 Å². The monoisotopic (exact) mass is 320 g/mol. The number of aliphatic carboxylic acids is 1. The van der Waals surface area contributed by atoms with Gasteiger partial charge in [-0.2, -0.15) is 0 Å². The molecule has 2 rings (SSSR count). The molecule has 0 aliphatic heterocycles. The smallest absolute Gasteiger partial charge is 0.312 e. The van der Waals surface area contributed by atoms with Crippen LogP contribution >= 0.6 is 15.9 Å². The standard InChI is InChI=1S/C14H13BrN2O2/c1-9-16-7-6-13(17-9)11(14(18)19)8-10-4-2-3-5-12(10)15/h2-7,11H,8H2,1H3,(H,18,19). The highest BCUT2D eigenvalue weighted by atomic mass is 79.9. The van der Waals surface area contributed by atoms with E-state index in [0.29, 0.717) is 17.9 Å². The summed E-state index contributed by atoms with van der Waals surface area (Å²) >= 11 is 3.44. The highest BCUT2D eigenvalue weighted by Crippen LogP contribution is 2.24. The largest absolute Gasteiger partial charge is 0.481 e. The van der Waals surface area contributed by atoms with Crippen molar-refractivity contribution in [2.24, 2.45) is 0 Å². The van der Waals surface area contributed by atoms with Crippen molar-refractivity contribution < 1.29 is 9.90 Å². The van der Waals surface area contributed by atoms with E-state index < -0.39 is 11.9 Å². The van der Waals surface area contributed by atoms with Crippen molar-refractivity contribution in [3.05, 3.63) is 58.1 Å². The summed E-state index contributed by atoms with van der Waals surface area (Å²) in [5.41, 5.74) is 1.49. The molecule has 0 saturated carbocycles. The van der Waals surface area contributed by atoms with Crippen LogP contribution in [0.3, 0.4) is 0 Å². The number of rotatable bonds is 4. The minimum atomic E-state index is -0.881. The van der Waals surface area contributed by atoms with E-state index in [1.165, 1.54) is 0 Å². The summed E-state index contributed by atoms with van der Waals surface area (Å²) in [5, 5.41) is 9.39. The molecule has 1 aromatic heterocycles. The van der Waals surface area contributed by atoms with Crippen molar-refractivity contribution >= 4 is 21.9 Å².